The van der Waals surface area contributed by atoms with E-state index in [0.717, 1.165) is 16.8 Å². The lowest BCUT2D eigenvalue weighted by molar-refractivity contribution is -0.116. The molecule has 1 aromatic carbocycles. The van der Waals surface area contributed by atoms with Gasteiger partial charge in [-0.25, -0.2) is 0 Å². The molecule has 1 aliphatic heterocycles. The van der Waals surface area contributed by atoms with E-state index < -0.39 is 0 Å². The molecule has 0 aliphatic carbocycles. The zero-order valence-electron chi connectivity index (χ0n) is 9.80. The maximum atomic E-state index is 11.6. The Labute approximate surface area is 103 Å². The number of fused-ring (bicyclic) bond motifs is 1. The van der Waals surface area contributed by atoms with Crippen molar-refractivity contribution in [2.24, 2.45) is 5.73 Å². The van der Waals surface area contributed by atoms with Gasteiger partial charge in [0.05, 0.1) is 12.5 Å². The predicted molar refractivity (Wildman–Crippen MR) is 64.7 cm³/mol. The summed E-state index contributed by atoms with van der Waals surface area (Å²) in [6.45, 7) is 2.08. The second-order valence-electron chi connectivity index (χ2n) is 4.23. The average Bonchev–Trinajstić information content (AvgIpc) is 2.96. The number of carbonyl (C=O) groups is 1. The summed E-state index contributed by atoms with van der Waals surface area (Å²) >= 11 is 0. The molecule has 3 rings (SSSR count). The van der Waals surface area contributed by atoms with Crippen molar-refractivity contribution >= 4 is 11.6 Å². The zero-order valence-corrected chi connectivity index (χ0v) is 9.80. The van der Waals surface area contributed by atoms with Crippen LogP contribution in [0.25, 0.3) is 11.4 Å². The Morgan fingerprint density at radius 3 is 3.06 bits per heavy atom. The summed E-state index contributed by atoms with van der Waals surface area (Å²) < 4.78 is 4.97. The van der Waals surface area contributed by atoms with Crippen LogP contribution in [0.2, 0.25) is 0 Å². The standard InChI is InChI=1S/C12H12N4O2/c1-6-8-4-7(2-3-9(8)14-12(6)17)11-15-10(5-13)18-16-11/h2-4,6H,5,13H2,1H3,(H,14,17). The molecule has 1 aliphatic rings. The van der Waals surface area contributed by atoms with Crippen molar-refractivity contribution in [2.75, 3.05) is 5.32 Å². The summed E-state index contributed by atoms with van der Waals surface area (Å²) in [7, 11) is 0. The molecule has 1 unspecified atom stereocenters. The number of hydrogen-bond donors (Lipinski definition) is 2. The van der Waals surface area contributed by atoms with Gasteiger partial charge in [-0.05, 0) is 30.7 Å². The van der Waals surface area contributed by atoms with Crippen LogP contribution in [0.1, 0.15) is 24.3 Å². The van der Waals surface area contributed by atoms with Crippen LogP contribution >= 0.6 is 0 Å². The van der Waals surface area contributed by atoms with Crippen LogP contribution < -0.4 is 11.1 Å². The molecule has 1 atom stereocenters. The van der Waals surface area contributed by atoms with E-state index in [4.69, 9.17) is 10.3 Å². The van der Waals surface area contributed by atoms with Crippen LogP contribution in [-0.4, -0.2) is 16.0 Å². The third-order valence-electron chi connectivity index (χ3n) is 3.07. The Balaban J connectivity index is 2.03. The fraction of sp³-hybridized carbons (Fsp3) is 0.250. The van der Waals surface area contributed by atoms with Gasteiger partial charge in [-0.3, -0.25) is 4.79 Å². The monoisotopic (exact) mass is 244 g/mol. The van der Waals surface area contributed by atoms with E-state index in [0.29, 0.717) is 11.7 Å². The zero-order chi connectivity index (χ0) is 12.7. The summed E-state index contributed by atoms with van der Waals surface area (Å²) in [5.41, 5.74) is 8.04. The van der Waals surface area contributed by atoms with Gasteiger partial charge in [0, 0.05) is 11.3 Å². The van der Waals surface area contributed by atoms with Gasteiger partial charge in [0.25, 0.3) is 0 Å². The van der Waals surface area contributed by atoms with E-state index in [1.165, 1.54) is 0 Å². The molecule has 1 amide bonds. The summed E-state index contributed by atoms with van der Waals surface area (Å²) in [6, 6.07) is 5.61. The Morgan fingerprint density at radius 2 is 2.33 bits per heavy atom. The molecular weight excluding hydrogens is 232 g/mol. The molecule has 18 heavy (non-hydrogen) atoms. The van der Waals surface area contributed by atoms with E-state index in [1.54, 1.807) is 0 Å². The molecule has 6 nitrogen and oxygen atoms in total. The smallest absolute Gasteiger partial charge is 0.240 e. The molecule has 0 fully saturated rings. The fourth-order valence-electron chi connectivity index (χ4n) is 2.01. The molecule has 0 saturated carbocycles. The van der Waals surface area contributed by atoms with Crippen molar-refractivity contribution in [1.82, 2.24) is 10.1 Å². The van der Waals surface area contributed by atoms with Gasteiger partial charge in [0.2, 0.25) is 17.6 Å². The summed E-state index contributed by atoms with van der Waals surface area (Å²) in [4.78, 5) is 15.7. The summed E-state index contributed by atoms with van der Waals surface area (Å²) in [6.07, 6.45) is 0. The first-order chi connectivity index (χ1) is 8.69. The van der Waals surface area contributed by atoms with Crippen molar-refractivity contribution in [2.45, 2.75) is 19.4 Å². The van der Waals surface area contributed by atoms with Crippen LogP contribution in [-0.2, 0) is 11.3 Å². The third kappa shape index (κ3) is 1.58. The highest BCUT2D eigenvalue weighted by atomic mass is 16.5. The highest BCUT2D eigenvalue weighted by Crippen LogP contribution is 2.34. The van der Waals surface area contributed by atoms with E-state index in [1.807, 2.05) is 25.1 Å². The lowest BCUT2D eigenvalue weighted by Gasteiger charge is -2.02. The van der Waals surface area contributed by atoms with Gasteiger partial charge in [-0.1, -0.05) is 5.16 Å². The highest BCUT2D eigenvalue weighted by molar-refractivity contribution is 6.03. The SMILES string of the molecule is CC1C(=O)Nc2ccc(-c3noc(CN)n3)cc21. The fourth-order valence-corrected chi connectivity index (χ4v) is 2.01. The second-order valence-corrected chi connectivity index (χ2v) is 4.23. The third-order valence-corrected chi connectivity index (χ3v) is 3.07. The van der Waals surface area contributed by atoms with Gasteiger partial charge in [0.1, 0.15) is 0 Å². The molecule has 2 heterocycles. The van der Waals surface area contributed by atoms with Crippen molar-refractivity contribution in [3.8, 4) is 11.4 Å². The molecule has 92 valence electrons. The summed E-state index contributed by atoms with van der Waals surface area (Å²) in [5.74, 6) is 0.747. The number of nitrogens with one attached hydrogen (secondary N) is 1. The first kappa shape index (κ1) is 10.9. The van der Waals surface area contributed by atoms with E-state index >= 15 is 0 Å². The van der Waals surface area contributed by atoms with Crippen LogP contribution in [0, 0.1) is 0 Å². The number of aromatic nitrogens is 2. The Kier molecular flexibility index (Phi) is 2.38. The van der Waals surface area contributed by atoms with Gasteiger partial charge >= 0.3 is 0 Å². The Morgan fingerprint density at radius 1 is 1.50 bits per heavy atom. The van der Waals surface area contributed by atoms with Gasteiger partial charge < -0.3 is 15.6 Å². The van der Waals surface area contributed by atoms with Gasteiger partial charge in [-0.15, -0.1) is 0 Å². The van der Waals surface area contributed by atoms with E-state index in [-0.39, 0.29) is 18.4 Å². The normalized spacial score (nSPS) is 17.7. The van der Waals surface area contributed by atoms with Crippen molar-refractivity contribution in [1.29, 1.82) is 0 Å². The van der Waals surface area contributed by atoms with E-state index in [9.17, 15) is 4.79 Å². The van der Waals surface area contributed by atoms with E-state index in [2.05, 4.69) is 15.5 Å². The maximum Gasteiger partial charge on any atom is 0.240 e. The molecule has 3 N–H and O–H groups in total. The average molecular weight is 244 g/mol. The second kappa shape index (κ2) is 3.92. The minimum absolute atomic E-state index is 0.0120. The first-order valence-corrected chi connectivity index (χ1v) is 5.67. The molecule has 1 aromatic heterocycles. The predicted octanol–water partition coefficient (Wildman–Crippen LogP) is 1.25. The molecule has 0 bridgehead atoms. The quantitative estimate of drug-likeness (QED) is 0.829. The largest absolute Gasteiger partial charge is 0.338 e. The first-order valence-electron chi connectivity index (χ1n) is 5.67. The minimum atomic E-state index is -0.152. The molecular formula is C12H12N4O2. The topological polar surface area (TPSA) is 94.0 Å². The number of rotatable bonds is 2. The van der Waals surface area contributed by atoms with Crippen molar-refractivity contribution in [3.63, 3.8) is 0 Å². The van der Waals surface area contributed by atoms with Gasteiger partial charge in [-0.2, -0.15) is 4.98 Å². The number of benzene rings is 1. The van der Waals surface area contributed by atoms with Gasteiger partial charge in [0.15, 0.2) is 0 Å². The molecule has 2 aromatic rings. The minimum Gasteiger partial charge on any atom is -0.338 e. The number of carbonyl (C=O) groups excluding carboxylic acids is 1. The van der Waals surface area contributed by atoms with Crippen LogP contribution in [0.3, 0.4) is 0 Å². The number of nitrogens with two attached hydrogens (primary N) is 1. The lowest BCUT2D eigenvalue weighted by Crippen LogP contribution is -2.08. The molecule has 0 radical (unpaired) electrons. The number of nitrogens with zero attached hydrogens (tertiary/aromatic N) is 2. The molecule has 0 saturated heterocycles. The Hall–Kier alpha value is -2.21. The number of amides is 1. The van der Waals surface area contributed by atoms with Crippen molar-refractivity contribution in [3.05, 3.63) is 29.7 Å². The summed E-state index contributed by atoms with van der Waals surface area (Å²) in [5, 5.41) is 6.67. The highest BCUT2D eigenvalue weighted by Gasteiger charge is 2.27. The van der Waals surface area contributed by atoms with Crippen LogP contribution in [0.4, 0.5) is 5.69 Å². The lowest BCUT2D eigenvalue weighted by atomic mass is 10.0. The molecule has 0 spiro atoms. The van der Waals surface area contributed by atoms with Crippen LogP contribution in [0.5, 0.6) is 0 Å². The number of hydrogen-bond acceptors (Lipinski definition) is 5. The van der Waals surface area contributed by atoms with Crippen molar-refractivity contribution < 1.29 is 9.32 Å². The van der Waals surface area contributed by atoms with Crippen LogP contribution in [0.15, 0.2) is 22.7 Å². The number of anilines is 1. The maximum absolute atomic E-state index is 11.6. The molecule has 6 heteroatoms. The Bertz CT molecular complexity index is 620.